The third-order valence-corrected chi connectivity index (χ3v) is 4.44. The summed E-state index contributed by atoms with van der Waals surface area (Å²) < 4.78 is 0. The molecule has 1 atom stereocenters. The molecule has 3 heteroatoms. The van der Waals surface area contributed by atoms with E-state index in [9.17, 15) is 0 Å². The third-order valence-electron chi connectivity index (χ3n) is 4.10. The molecule has 1 aliphatic carbocycles. The van der Waals surface area contributed by atoms with E-state index in [-0.39, 0.29) is 0 Å². The first kappa shape index (κ1) is 14.6. The number of nitrogens with zero attached hydrogens (tertiary/aromatic N) is 1. The van der Waals surface area contributed by atoms with Gasteiger partial charge in [-0.2, -0.15) is 0 Å². The van der Waals surface area contributed by atoms with Crippen LogP contribution in [0.5, 0.6) is 0 Å². The first-order valence-corrected chi connectivity index (χ1v) is 7.98. The first-order chi connectivity index (χ1) is 10.2. The molecule has 1 fully saturated rings. The highest BCUT2D eigenvalue weighted by atomic mass is 35.5. The van der Waals surface area contributed by atoms with Gasteiger partial charge in [-0.05, 0) is 43.4 Å². The Morgan fingerprint density at radius 1 is 1.24 bits per heavy atom. The van der Waals surface area contributed by atoms with E-state index in [2.05, 4.69) is 41.5 Å². The fourth-order valence-corrected chi connectivity index (χ4v) is 2.77. The van der Waals surface area contributed by atoms with Gasteiger partial charge in [0.1, 0.15) is 0 Å². The smallest absolute Gasteiger partial charge is 0.0621 e. The second kappa shape index (κ2) is 6.59. The molecule has 0 radical (unpaired) electrons. The predicted molar refractivity (Wildman–Crippen MR) is 87.9 cm³/mol. The molecule has 1 saturated carbocycles. The van der Waals surface area contributed by atoms with Crippen LogP contribution in [-0.2, 0) is 6.42 Å². The van der Waals surface area contributed by atoms with Crippen molar-refractivity contribution in [3.8, 4) is 0 Å². The van der Waals surface area contributed by atoms with Gasteiger partial charge in [-0.15, -0.1) is 0 Å². The summed E-state index contributed by atoms with van der Waals surface area (Å²) in [5.41, 5.74) is 3.85. The number of halogens is 1. The summed E-state index contributed by atoms with van der Waals surface area (Å²) in [5, 5.41) is 4.42. The average molecular weight is 301 g/mol. The summed E-state index contributed by atoms with van der Waals surface area (Å²) >= 11 is 6.27. The zero-order valence-electron chi connectivity index (χ0n) is 12.3. The predicted octanol–water partition coefficient (Wildman–Crippen LogP) is 4.12. The minimum absolute atomic E-state index is 0.450. The SMILES string of the molecule is Cc1ccc(C(CNC2CC2)Cc2ccncc2Cl)cc1. The molecular formula is C18H21ClN2. The van der Waals surface area contributed by atoms with Gasteiger partial charge in [0.25, 0.3) is 0 Å². The van der Waals surface area contributed by atoms with E-state index in [1.54, 1.807) is 6.20 Å². The first-order valence-electron chi connectivity index (χ1n) is 7.60. The lowest BCUT2D eigenvalue weighted by atomic mass is 9.91. The number of hydrogen-bond donors (Lipinski definition) is 1. The van der Waals surface area contributed by atoms with Crippen LogP contribution in [0.1, 0.15) is 35.4 Å². The Morgan fingerprint density at radius 2 is 2.00 bits per heavy atom. The highest BCUT2D eigenvalue weighted by molar-refractivity contribution is 6.31. The topological polar surface area (TPSA) is 24.9 Å². The zero-order chi connectivity index (χ0) is 14.7. The van der Waals surface area contributed by atoms with Crippen LogP contribution in [0.4, 0.5) is 0 Å². The van der Waals surface area contributed by atoms with Crippen molar-refractivity contribution >= 4 is 11.6 Å². The molecule has 0 saturated heterocycles. The fourth-order valence-electron chi connectivity index (χ4n) is 2.58. The number of benzene rings is 1. The number of aryl methyl sites for hydroxylation is 1. The number of aromatic nitrogens is 1. The lowest BCUT2D eigenvalue weighted by Crippen LogP contribution is -2.25. The van der Waals surface area contributed by atoms with Crippen molar-refractivity contribution in [1.82, 2.24) is 10.3 Å². The Morgan fingerprint density at radius 3 is 2.67 bits per heavy atom. The van der Waals surface area contributed by atoms with E-state index in [0.29, 0.717) is 5.92 Å². The number of hydrogen-bond acceptors (Lipinski definition) is 2. The van der Waals surface area contributed by atoms with Crippen LogP contribution >= 0.6 is 11.6 Å². The second-order valence-electron chi connectivity index (χ2n) is 5.96. The van der Waals surface area contributed by atoms with Gasteiger partial charge < -0.3 is 5.32 Å². The molecule has 1 heterocycles. The Balaban J connectivity index is 1.77. The summed E-state index contributed by atoms with van der Waals surface area (Å²) in [6.45, 7) is 3.13. The van der Waals surface area contributed by atoms with E-state index in [4.69, 9.17) is 11.6 Å². The minimum Gasteiger partial charge on any atom is -0.313 e. The Bertz CT molecular complexity index is 590. The Kier molecular flexibility index (Phi) is 4.57. The molecule has 0 bridgehead atoms. The van der Waals surface area contributed by atoms with Gasteiger partial charge in [0.2, 0.25) is 0 Å². The molecule has 1 aromatic carbocycles. The van der Waals surface area contributed by atoms with Crippen LogP contribution in [0.15, 0.2) is 42.7 Å². The van der Waals surface area contributed by atoms with E-state index in [0.717, 1.165) is 24.0 Å². The van der Waals surface area contributed by atoms with Crippen molar-refractivity contribution < 1.29 is 0 Å². The van der Waals surface area contributed by atoms with Crippen LogP contribution in [0, 0.1) is 6.92 Å². The lowest BCUT2D eigenvalue weighted by Gasteiger charge is -2.19. The number of nitrogens with one attached hydrogen (secondary N) is 1. The monoisotopic (exact) mass is 300 g/mol. The third kappa shape index (κ3) is 4.05. The Hall–Kier alpha value is -1.38. The summed E-state index contributed by atoms with van der Waals surface area (Å²) in [6.07, 6.45) is 7.14. The van der Waals surface area contributed by atoms with Crippen LogP contribution in [0.25, 0.3) is 0 Å². The standard InChI is InChI=1S/C18H21ClN2/c1-13-2-4-14(5-3-13)16(11-21-17-6-7-17)10-15-8-9-20-12-18(15)19/h2-5,8-9,12,16-17,21H,6-7,10-11H2,1H3. The maximum absolute atomic E-state index is 6.27. The van der Waals surface area contributed by atoms with Crippen molar-refractivity contribution in [3.05, 3.63) is 64.4 Å². The maximum Gasteiger partial charge on any atom is 0.0621 e. The molecule has 2 aromatic rings. The molecule has 0 spiro atoms. The molecule has 1 N–H and O–H groups in total. The van der Waals surface area contributed by atoms with Gasteiger partial charge in [-0.3, -0.25) is 4.98 Å². The van der Waals surface area contributed by atoms with E-state index in [1.807, 2.05) is 12.3 Å². The fraction of sp³-hybridized carbons (Fsp3) is 0.389. The van der Waals surface area contributed by atoms with Crippen molar-refractivity contribution in [2.24, 2.45) is 0 Å². The normalized spacial score (nSPS) is 15.9. The maximum atomic E-state index is 6.27. The summed E-state index contributed by atoms with van der Waals surface area (Å²) in [6, 6.07) is 11.6. The van der Waals surface area contributed by atoms with E-state index >= 15 is 0 Å². The van der Waals surface area contributed by atoms with E-state index in [1.165, 1.54) is 29.5 Å². The van der Waals surface area contributed by atoms with Crippen molar-refractivity contribution in [2.75, 3.05) is 6.54 Å². The van der Waals surface area contributed by atoms with E-state index < -0.39 is 0 Å². The molecule has 110 valence electrons. The molecule has 1 aromatic heterocycles. The van der Waals surface area contributed by atoms with Gasteiger partial charge >= 0.3 is 0 Å². The largest absolute Gasteiger partial charge is 0.313 e. The van der Waals surface area contributed by atoms with Crippen molar-refractivity contribution in [1.29, 1.82) is 0 Å². The van der Waals surface area contributed by atoms with Gasteiger partial charge in [0.15, 0.2) is 0 Å². The van der Waals surface area contributed by atoms with Crippen LogP contribution in [0.3, 0.4) is 0 Å². The van der Waals surface area contributed by atoms with Crippen molar-refractivity contribution in [2.45, 2.75) is 38.1 Å². The molecule has 0 aliphatic heterocycles. The zero-order valence-corrected chi connectivity index (χ0v) is 13.1. The van der Waals surface area contributed by atoms with Crippen molar-refractivity contribution in [3.63, 3.8) is 0 Å². The average Bonchev–Trinajstić information content (AvgIpc) is 3.31. The molecule has 1 aliphatic rings. The molecule has 0 amide bonds. The van der Waals surface area contributed by atoms with Crippen LogP contribution in [-0.4, -0.2) is 17.6 Å². The highest BCUT2D eigenvalue weighted by Crippen LogP contribution is 2.26. The number of rotatable bonds is 6. The highest BCUT2D eigenvalue weighted by Gasteiger charge is 2.23. The quantitative estimate of drug-likeness (QED) is 0.868. The summed E-state index contributed by atoms with van der Waals surface area (Å²) in [5.74, 6) is 0.450. The summed E-state index contributed by atoms with van der Waals surface area (Å²) in [4.78, 5) is 4.07. The van der Waals surface area contributed by atoms with Gasteiger partial charge in [-0.1, -0.05) is 41.4 Å². The van der Waals surface area contributed by atoms with Gasteiger partial charge in [-0.25, -0.2) is 0 Å². The van der Waals surface area contributed by atoms with Gasteiger partial charge in [0, 0.05) is 30.9 Å². The summed E-state index contributed by atoms with van der Waals surface area (Å²) in [7, 11) is 0. The lowest BCUT2D eigenvalue weighted by molar-refractivity contribution is 0.577. The second-order valence-corrected chi connectivity index (χ2v) is 6.37. The molecule has 1 unspecified atom stereocenters. The minimum atomic E-state index is 0.450. The van der Waals surface area contributed by atoms with Crippen LogP contribution in [0.2, 0.25) is 5.02 Å². The molecule has 21 heavy (non-hydrogen) atoms. The Labute approximate surface area is 131 Å². The molecular weight excluding hydrogens is 280 g/mol. The van der Waals surface area contributed by atoms with Gasteiger partial charge in [0.05, 0.1) is 5.02 Å². The molecule has 2 nitrogen and oxygen atoms in total. The molecule has 3 rings (SSSR count). The van der Waals surface area contributed by atoms with Crippen LogP contribution < -0.4 is 5.32 Å². The number of pyridine rings is 1.